The second kappa shape index (κ2) is 16.0. The summed E-state index contributed by atoms with van der Waals surface area (Å²) >= 11 is 0. The highest BCUT2D eigenvalue weighted by atomic mass is 19.2. The fourth-order valence-corrected chi connectivity index (χ4v) is 6.89. The lowest BCUT2D eigenvalue weighted by molar-refractivity contribution is -0.0273. The number of fused-ring (bicyclic) bond motifs is 2. The van der Waals surface area contributed by atoms with Gasteiger partial charge < -0.3 is 39.5 Å². The predicted octanol–water partition coefficient (Wildman–Crippen LogP) is 7.35. The standard InChI is InChI=1S/C20H21F2N3O2.C20H22FN3O2/c1-25-8-6-12(7-9-25)27-19(13-10-14(21)15(22)11-18(13)26)20-23-16-4-2-3-5-17(16)24-20;1-24-10-8-14(9-11-24)26-19(15-7-6-13(21)12-18(15)25)20-22-16-4-2-3-5-17(16)23-20/h2-5,10-12,19,26H,6-9H2,1H3,(H,23,24);2-7,12,14,19,25H,8-11H2,1H3,(H,22,23). The normalized spacial score (nSPS) is 17.5. The molecule has 4 heterocycles. The van der Waals surface area contributed by atoms with Gasteiger partial charge in [0.05, 0.1) is 34.3 Å². The molecule has 2 saturated heterocycles. The highest BCUT2D eigenvalue weighted by molar-refractivity contribution is 5.75. The first-order chi connectivity index (χ1) is 25.6. The quantitative estimate of drug-likeness (QED) is 0.128. The SMILES string of the molecule is CN1CCC(OC(c2nc3ccccc3[nH]2)c2cc(F)c(F)cc2O)CC1.CN1CCC(OC(c2nc3ccccc3[nH]2)c2ccc(F)cc2O)CC1. The van der Waals surface area contributed by atoms with Crippen LogP contribution in [0.15, 0.2) is 78.9 Å². The molecule has 53 heavy (non-hydrogen) atoms. The van der Waals surface area contributed by atoms with Crippen molar-refractivity contribution in [3.8, 4) is 11.5 Å². The van der Waals surface area contributed by atoms with Crippen LogP contribution in [0, 0.1) is 17.5 Å². The molecule has 4 N–H and O–H groups in total. The van der Waals surface area contributed by atoms with Gasteiger partial charge in [-0.05, 0) is 82.2 Å². The number of benzene rings is 4. The van der Waals surface area contributed by atoms with Crippen molar-refractivity contribution in [3.05, 3.63) is 119 Å². The summed E-state index contributed by atoms with van der Waals surface area (Å²) in [7, 11) is 4.15. The largest absolute Gasteiger partial charge is 0.507 e. The van der Waals surface area contributed by atoms with E-state index >= 15 is 0 Å². The summed E-state index contributed by atoms with van der Waals surface area (Å²) in [5.41, 5.74) is 3.97. The Balaban J connectivity index is 0.000000164. The molecular formula is C40H43F3N6O4. The molecule has 2 atom stereocenters. The van der Waals surface area contributed by atoms with Crippen LogP contribution in [0.5, 0.6) is 11.5 Å². The number of hydrogen-bond donors (Lipinski definition) is 4. The molecule has 0 aliphatic carbocycles. The van der Waals surface area contributed by atoms with Crippen molar-refractivity contribution in [2.24, 2.45) is 0 Å². The van der Waals surface area contributed by atoms with Crippen molar-refractivity contribution in [2.45, 2.75) is 50.1 Å². The maximum Gasteiger partial charge on any atom is 0.162 e. The molecule has 4 aromatic carbocycles. The molecule has 0 bridgehead atoms. The number of aromatic amines is 2. The van der Waals surface area contributed by atoms with Gasteiger partial charge in [-0.15, -0.1) is 0 Å². The molecule has 6 aromatic rings. The highest BCUT2D eigenvalue weighted by Crippen LogP contribution is 2.37. The van der Waals surface area contributed by atoms with Crippen molar-refractivity contribution < 1.29 is 32.9 Å². The van der Waals surface area contributed by atoms with E-state index in [1.807, 2.05) is 55.6 Å². The van der Waals surface area contributed by atoms with Gasteiger partial charge >= 0.3 is 0 Å². The lowest BCUT2D eigenvalue weighted by Crippen LogP contribution is -2.35. The van der Waals surface area contributed by atoms with Crippen LogP contribution in [-0.2, 0) is 9.47 Å². The van der Waals surface area contributed by atoms with Gasteiger partial charge in [0.1, 0.15) is 41.2 Å². The number of hydrogen-bond acceptors (Lipinski definition) is 8. The van der Waals surface area contributed by atoms with Crippen molar-refractivity contribution in [1.82, 2.24) is 29.7 Å². The maximum absolute atomic E-state index is 13.9. The number of H-pyrrole nitrogens is 2. The number of rotatable bonds is 8. The van der Waals surface area contributed by atoms with E-state index < -0.39 is 29.7 Å². The van der Waals surface area contributed by atoms with E-state index in [9.17, 15) is 23.4 Å². The molecule has 0 spiro atoms. The Kier molecular flexibility index (Phi) is 11.0. The number of para-hydroxylation sites is 4. The van der Waals surface area contributed by atoms with Gasteiger partial charge in [0.2, 0.25) is 0 Å². The molecule has 13 heteroatoms. The molecule has 0 amide bonds. The average molecular weight is 729 g/mol. The lowest BCUT2D eigenvalue weighted by atomic mass is 10.0. The number of phenols is 2. The first-order valence-electron chi connectivity index (χ1n) is 17.8. The van der Waals surface area contributed by atoms with Crippen LogP contribution in [0.1, 0.15) is 60.7 Å². The number of likely N-dealkylation sites (tertiary alicyclic amines) is 2. The highest BCUT2D eigenvalue weighted by Gasteiger charge is 2.30. The Labute approximate surface area is 305 Å². The molecule has 0 radical (unpaired) electrons. The predicted molar refractivity (Wildman–Crippen MR) is 195 cm³/mol. The summed E-state index contributed by atoms with van der Waals surface area (Å²) in [4.78, 5) is 20.1. The number of aromatic hydroxyl groups is 2. The van der Waals surface area contributed by atoms with Gasteiger partial charge in [-0.3, -0.25) is 0 Å². The number of ether oxygens (including phenoxy) is 2. The molecule has 8 rings (SSSR count). The van der Waals surface area contributed by atoms with E-state index in [4.69, 9.17) is 9.47 Å². The van der Waals surface area contributed by atoms with Crippen molar-refractivity contribution in [2.75, 3.05) is 40.3 Å². The van der Waals surface area contributed by atoms with Crippen LogP contribution in [0.25, 0.3) is 22.1 Å². The topological polar surface area (TPSA) is 123 Å². The average Bonchev–Trinajstić information content (AvgIpc) is 3.78. The Morgan fingerprint density at radius 2 is 1.08 bits per heavy atom. The van der Waals surface area contributed by atoms with Crippen molar-refractivity contribution in [3.63, 3.8) is 0 Å². The number of nitrogens with one attached hydrogen (secondary N) is 2. The Bertz CT molecular complexity index is 2090. The smallest absolute Gasteiger partial charge is 0.162 e. The molecule has 0 saturated carbocycles. The molecule has 2 aliphatic heterocycles. The first kappa shape index (κ1) is 36.4. The fraction of sp³-hybridized carbons (Fsp3) is 0.350. The summed E-state index contributed by atoms with van der Waals surface area (Å²) in [6.45, 7) is 3.71. The first-order valence-corrected chi connectivity index (χ1v) is 17.8. The monoisotopic (exact) mass is 728 g/mol. The van der Waals surface area contributed by atoms with E-state index in [2.05, 4.69) is 36.8 Å². The molecule has 2 aliphatic rings. The third-order valence-corrected chi connectivity index (χ3v) is 9.93. The Morgan fingerprint density at radius 3 is 1.57 bits per heavy atom. The molecule has 10 nitrogen and oxygen atoms in total. The van der Waals surface area contributed by atoms with E-state index in [0.29, 0.717) is 17.2 Å². The number of phenolic OH excluding ortho intramolecular Hbond substituents is 2. The fourth-order valence-electron chi connectivity index (χ4n) is 6.89. The second-order valence-electron chi connectivity index (χ2n) is 13.8. The molecular weight excluding hydrogens is 685 g/mol. The maximum atomic E-state index is 13.9. The van der Waals surface area contributed by atoms with Crippen molar-refractivity contribution >= 4 is 22.1 Å². The minimum Gasteiger partial charge on any atom is -0.507 e. The van der Waals surface area contributed by atoms with E-state index in [1.165, 1.54) is 6.07 Å². The number of imidazole rings is 2. The van der Waals surface area contributed by atoms with E-state index in [1.54, 1.807) is 6.07 Å². The minimum absolute atomic E-state index is 0.0630. The number of piperidine rings is 2. The van der Waals surface area contributed by atoms with Gasteiger partial charge in [0.15, 0.2) is 11.6 Å². The molecule has 2 fully saturated rings. The van der Waals surface area contributed by atoms with Crippen LogP contribution in [-0.4, -0.2) is 92.4 Å². The summed E-state index contributed by atoms with van der Waals surface area (Å²) < 4.78 is 53.4. The van der Waals surface area contributed by atoms with Crippen molar-refractivity contribution in [1.29, 1.82) is 0 Å². The van der Waals surface area contributed by atoms with E-state index in [-0.39, 0.29) is 29.3 Å². The minimum atomic E-state index is -1.10. The zero-order valence-corrected chi connectivity index (χ0v) is 29.6. The summed E-state index contributed by atoms with van der Waals surface area (Å²) in [5, 5.41) is 20.6. The number of nitrogens with zero attached hydrogens (tertiary/aromatic N) is 4. The molecule has 2 unspecified atom stereocenters. The Hall–Kier alpha value is -4.95. The summed E-state index contributed by atoms with van der Waals surface area (Å²) in [6, 6.07) is 21.0. The molecule has 278 valence electrons. The van der Waals surface area contributed by atoms with Gasteiger partial charge in [0.25, 0.3) is 0 Å². The number of aromatic nitrogens is 4. The molecule has 2 aromatic heterocycles. The van der Waals surface area contributed by atoms with Crippen LogP contribution < -0.4 is 0 Å². The van der Waals surface area contributed by atoms with Crippen LogP contribution in [0.3, 0.4) is 0 Å². The Morgan fingerprint density at radius 1 is 0.623 bits per heavy atom. The third-order valence-electron chi connectivity index (χ3n) is 9.93. The zero-order chi connectivity index (χ0) is 37.1. The second-order valence-corrected chi connectivity index (χ2v) is 13.8. The lowest BCUT2D eigenvalue weighted by Gasteiger charge is -2.31. The van der Waals surface area contributed by atoms with Gasteiger partial charge in [-0.2, -0.15) is 0 Å². The zero-order valence-electron chi connectivity index (χ0n) is 29.6. The third kappa shape index (κ3) is 8.49. The van der Waals surface area contributed by atoms with Crippen LogP contribution in [0.2, 0.25) is 0 Å². The van der Waals surface area contributed by atoms with Crippen LogP contribution >= 0.6 is 0 Å². The van der Waals surface area contributed by atoms with Gasteiger partial charge in [-0.25, -0.2) is 23.1 Å². The van der Waals surface area contributed by atoms with Gasteiger partial charge in [0, 0.05) is 49.4 Å². The summed E-state index contributed by atoms with van der Waals surface area (Å²) in [6.07, 6.45) is 2.07. The summed E-state index contributed by atoms with van der Waals surface area (Å²) in [5.74, 6) is -2.01. The van der Waals surface area contributed by atoms with E-state index in [0.717, 1.165) is 92.1 Å². The number of halogens is 3. The van der Waals surface area contributed by atoms with Gasteiger partial charge in [-0.1, -0.05) is 24.3 Å². The van der Waals surface area contributed by atoms with Crippen LogP contribution in [0.4, 0.5) is 13.2 Å².